The Morgan fingerprint density at radius 3 is 2.73 bits per heavy atom. The number of fused-ring (bicyclic) bond motifs is 1. The fourth-order valence-corrected chi connectivity index (χ4v) is 3.29. The number of aromatic carboxylic acids is 1. The molecule has 2 heterocycles. The van der Waals surface area contributed by atoms with Crippen molar-refractivity contribution in [2.75, 3.05) is 11.9 Å². The number of nitrogens with one attached hydrogen (secondary N) is 1. The molecule has 0 aliphatic carbocycles. The van der Waals surface area contributed by atoms with Crippen LogP contribution in [0.15, 0.2) is 29.6 Å². The van der Waals surface area contributed by atoms with Crippen molar-refractivity contribution in [2.45, 2.75) is 13.0 Å². The summed E-state index contributed by atoms with van der Waals surface area (Å²) in [4.78, 5) is 22.7. The van der Waals surface area contributed by atoms with Crippen LogP contribution in [-0.2, 0) is 4.79 Å². The van der Waals surface area contributed by atoms with E-state index in [-0.39, 0.29) is 18.1 Å². The molecule has 1 aromatic carbocycles. The molecule has 1 aliphatic rings. The van der Waals surface area contributed by atoms with Gasteiger partial charge in [0.2, 0.25) is 5.91 Å². The molecule has 2 N–H and O–H groups in total. The molecule has 1 aliphatic heterocycles. The number of benzene rings is 1. The molecular formula is C15H13NO5S. The zero-order valence-corrected chi connectivity index (χ0v) is 12.5. The predicted octanol–water partition coefficient (Wildman–Crippen LogP) is 2.92. The molecule has 7 heteroatoms. The third kappa shape index (κ3) is 2.62. The quantitative estimate of drug-likeness (QED) is 0.908. The highest BCUT2D eigenvalue weighted by atomic mass is 32.1. The molecule has 0 radical (unpaired) electrons. The summed E-state index contributed by atoms with van der Waals surface area (Å²) in [5, 5.41) is 13.9. The highest BCUT2D eigenvalue weighted by Crippen LogP contribution is 2.40. The van der Waals surface area contributed by atoms with Gasteiger partial charge in [0.15, 0.2) is 17.6 Å². The predicted molar refractivity (Wildman–Crippen MR) is 80.9 cm³/mol. The summed E-state index contributed by atoms with van der Waals surface area (Å²) < 4.78 is 11.4. The van der Waals surface area contributed by atoms with E-state index in [4.69, 9.17) is 9.47 Å². The van der Waals surface area contributed by atoms with Crippen LogP contribution in [0.25, 0.3) is 0 Å². The molecule has 114 valence electrons. The standard InChI is InChI=1S/C15H13NO5S/c1-8(17)16-14-13(15(18)19)9(7-22-14)12-6-20-10-4-2-3-5-11(10)21-12/h2-5,7,12H,6H2,1H3,(H,16,17)(H,18,19). The first-order valence-corrected chi connectivity index (χ1v) is 7.45. The summed E-state index contributed by atoms with van der Waals surface area (Å²) in [5.74, 6) is -0.222. The first kappa shape index (κ1) is 14.4. The second kappa shape index (κ2) is 5.69. The maximum absolute atomic E-state index is 11.5. The van der Waals surface area contributed by atoms with Gasteiger partial charge in [-0.1, -0.05) is 12.1 Å². The molecule has 3 rings (SSSR count). The second-order valence-corrected chi connectivity index (χ2v) is 5.63. The Bertz CT molecular complexity index is 739. The molecule has 0 bridgehead atoms. The number of carboxylic acids is 1. The lowest BCUT2D eigenvalue weighted by Crippen LogP contribution is -2.23. The van der Waals surface area contributed by atoms with Gasteiger partial charge in [0.1, 0.15) is 17.2 Å². The minimum atomic E-state index is -1.11. The van der Waals surface area contributed by atoms with Crippen molar-refractivity contribution in [2.24, 2.45) is 0 Å². The van der Waals surface area contributed by atoms with Gasteiger partial charge in [-0.2, -0.15) is 0 Å². The molecule has 0 spiro atoms. The van der Waals surface area contributed by atoms with Gasteiger partial charge >= 0.3 is 5.97 Å². The molecule has 0 fully saturated rings. The number of carbonyl (C=O) groups is 2. The summed E-state index contributed by atoms with van der Waals surface area (Å²) in [5.41, 5.74) is 0.545. The fourth-order valence-electron chi connectivity index (χ4n) is 2.25. The van der Waals surface area contributed by atoms with Crippen molar-refractivity contribution in [3.63, 3.8) is 0 Å². The van der Waals surface area contributed by atoms with Crippen molar-refractivity contribution < 1.29 is 24.2 Å². The highest BCUT2D eigenvalue weighted by Gasteiger charge is 2.30. The van der Waals surface area contributed by atoms with E-state index >= 15 is 0 Å². The summed E-state index contributed by atoms with van der Waals surface area (Å²) in [6.45, 7) is 1.55. The number of para-hydroxylation sites is 2. The highest BCUT2D eigenvalue weighted by molar-refractivity contribution is 7.15. The van der Waals surface area contributed by atoms with Crippen LogP contribution < -0.4 is 14.8 Å². The second-order valence-electron chi connectivity index (χ2n) is 4.75. The van der Waals surface area contributed by atoms with Gasteiger partial charge in [0.25, 0.3) is 0 Å². The third-order valence-electron chi connectivity index (χ3n) is 3.18. The molecule has 1 atom stereocenters. The first-order valence-electron chi connectivity index (χ1n) is 6.57. The zero-order chi connectivity index (χ0) is 15.7. The minimum Gasteiger partial charge on any atom is -0.485 e. The average Bonchev–Trinajstić information content (AvgIpc) is 2.89. The Balaban J connectivity index is 1.94. The van der Waals surface area contributed by atoms with E-state index in [2.05, 4.69) is 5.32 Å². The summed E-state index contributed by atoms with van der Waals surface area (Å²) in [7, 11) is 0. The van der Waals surface area contributed by atoms with E-state index in [1.54, 1.807) is 17.5 Å². The number of anilines is 1. The summed E-state index contributed by atoms with van der Waals surface area (Å²) >= 11 is 1.16. The number of carboxylic acid groups (broad SMARTS) is 1. The van der Waals surface area contributed by atoms with E-state index in [9.17, 15) is 14.7 Å². The molecule has 1 amide bonds. The molecule has 1 aromatic heterocycles. The van der Waals surface area contributed by atoms with Gasteiger partial charge in [-0.15, -0.1) is 11.3 Å². The Kier molecular flexibility index (Phi) is 3.72. The lowest BCUT2D eigenvalue weighted by Gasteiger charge is -2.26. The van der Waals surface area contributed by atoms with Crippen molar-refractivity contribution in [3.8, 4) is 11.5 Å². The number of hydrogen-bond donors (Lipinski definition) is 2. The van der Waals surface area contributed by atoms with Crippen LogP contribution in [0.4, 0.5) is 5.00 Å². The third-order valence-corrected chi connectivity index (χ3v) is 4.09. The van der Waals surface area contributed by atoms with E-state index in [0.29, 0.717) is 22.1 Å². The Morgan fingerprint density at radius 2 is 2.05 bits per heavy atom. The van der Waals surface area contributed by atoms with Crippen molar-refractivity contribution >= 4 is 28.2 Å². The number of thiophene rings is 1. The average molecular weight is 319 g/mol. The van der Waals surface area contributed by atoms with E-state index < -0.39 is 12.1 Å². The van der Waals surface area contributed by atoms with Gasteiger partial charge in [-0.3, -0.25) is 4.79 Å². The Labute approximate surface area is 130 Å². The van der Waals surface area contributed by atoms with Crippen molar-refractivity contribution in [1.29, 1.82) is 0 Å². The van der Waals surface area contributed by atoms with Crippen LogP contribution in [-0.4, -0.2) is 23.6 Å². The summed E-state index contributed by atoms with van der Waals surface area (Å²) in [6.07, 6.45) is -0.528. The van der Waals surface area contributed by atoms with Gasteiger partial charge in [-0.25, -0.2) is 4.79 Å². The molecule has 22 heavy (non-hydrogen) atoms. The Hall–Kier alpha value is -2.54. The van der Waals surface area contributed by atoms with Gasteiger partial charge < -0.3 is 19.9 Å². The SMILES string of the molecule is CC(=O)Nc1scc(C2COc3ccccc3O2)c1C(=O)O. The monoisotopic (exact) mass is 319 g/mol. The van der Waals surface area contributed by atoms with E-state index in [0.717, 1.165) is 11.3 Å². The largest absolute Gasteiger partial charge is 0.485 e. The molecule has 2 aromatic rings. The molecule has 6 nitrogen and oxygen atoms in total. The van der Waals surface area contributed by atoms with Crippen molar-refractivity contribution in [1.82, 2.24) is 0 Å². The summed E-state index contributed by atoms with van der Waals surface area (Å²) in [6, 6.07) is 7.22. The van der Waals surface area contributed by atoms with Crippen LogP contribution >= 0.6 is 11.3 Å². The van der Waals surface area contributed by atoms with E-state index in [1.807, 2.05) is 12.1 Å². The Morgan fingerprint density at radius 1 is 1.32 bits per heavy atom. The fraction of sp³-hybridized carbons (Fsp3) is 0.200. The molecule has 0 saturated heterocycles. The van der Waals surface area contributed by atoms with Crippen molar-refractivity contribution in [3.05, 3.63) is 40.8 Å². The van der Waals surface area contributed by atoms with E-state index in [1.165, 1.54) is 6.92 Å². The van der Waals surface area contributed by atoms with Gasteiger partial charge in [0, 0.05) is 17.9 Å². The van der Waals surface area contributed by atoms with Gasteiger partial charge in [0.05, 0.1) is 0 Å². The smallest absolute Gasteiger partial charge is 0.339 e. The zero-order valence-electron chi connectivity index (χ0n) is 11.7. The lowest BCUT2D eigenvalue weighted by molar-refractivity contribution is -0.114. The van der Waals surface area contributed by atoms with Crippen LogP contribution in [0.3, 0.4) is 0 Å². The van der Waals surface area contributed by atoms with Crippen LogP contribution in [0.2, 0.25) is 0 Å². The lowest BCUT2D eigenvalue weighted by atomic mass is 10.1. The molecular weight excluding hydrogens is 306 g/mol. The number of hydrogen-bond acceptors (Lipinski definition) is 5. The van der Waals surface area contributed by atoms with Crippen LogP contribution in [0.1, 0.15) is 28.9 Å². The normalized spacial score (nSPS) is 16.1. The minimum absolute atomic E-state index is 0.0492. The number of rotatable bonds is 3. The topological polar surface area (TPSA) is 84.9 Å². The number of carbonyl (C=O) groups excluding carboxylic acids is 1. The van der Waals surface area contributed by atoms with Crippen LogP contribution in [0.5, 0.6) is 11.5 Å². The molecule has 1 unspecified atom stereocenters. The first-order chi connectivity index (χ1) is 10.6. The van der Waals surface area contributed by atoms with Crippen LogP contribution in [0, 0.1) is 0 Å². The number of ether oxygens (including phenoxy) is 2. The number of amides is 1. The molecule has 0 saturated carbocycles. The van der Waals surface area contributed by atoms with Gasteiger partial charge in [-0.05, 0) is 12.1 Å². The maximum Gasteiger partial charge on any atom is 0.339 e. The maximum atomic E-state index is 11.5.